The molecule has 5 nitrogen and oxygen atoms in total. The van der Waals surface area contributed by atoms with Gasteiger partial charge in [0.25, 0.3) is 10.0 Å². The number of nitrogens with one attached hydrogen (secondary N) is 1. The molecule has 0 aliphatic rings. The summed E-state index contributed by atoms with van der Waals surface area (Å²) >= 11 is 9.58. The summed E-state index contributed by atoms with van der Waals surface area (Å²) in [6, 6.07) is 15.4. The van der Waals surface area contributed by atoms with Gasteiger partial charge in [-0.2, -0.15) is 0 Å². The highest BCUT2D eigenvalue weighted by Crippen LogP contribution is 2.38. The van der Waals surface area contributed by atoms with Crippen LogP contribution in [0.3, 0.4) is 0 Å². The molecule has 0 heterocycles. The van der Waals surface area contributed by atoms with Gasteiger partial charge in [0.2, 0.25) is 0 Å². The number of halogens is 3. The normalized spacial score (nSPS) is 12.4. The molecule has 0 fully saturated rings. The summed E-state index contributed by atoms with van der Waals surface area (Å²) in [5.74, 6) is -0.694. The Bertz CT molecular complexity index is 1430. The number of methoxy groups -OCH3 is 1. The van der Waals surface area contributed by atoms with Crippen LogP contribution in [0.15, 0.2) is 59.5 Å². The maximum Gasteiger partial charge on any atom is 0.265 e. The van der Waals surface area contributed by atoms with E-state index in [0.29, 0.717) is 23.1 Å². The molecule has 3 aromatic carbocycles. The smallest absolute Gasteiger partial charge is 0.265 e. The highest BCUT2D eigenvalue weighted by molar-refractivity contribution is 9.08. The summed E-state index contributed by atoms with van der Waals surface area (Å²) in [4.78, 5) is -0.168. The Morgan fingerprint density at radius 1 is 1.08 bits per heavy atom. The second-order valence-electron chi connectivity index (χ2n) is 10.9. The van der Waals surface area contributed by atoms with Gasteiger partial charge >= 0.3 is 0 Å². The third-order valence-electron chi connectivity index (χ3n) is 7.12. The van der Waals surface area contributed by atoms with Crippen LogP contribution in [-0.4, -0.2) is 30.5 Å². The molecule has 10 heteroatoms. The average Bonchev–Trinajstić information content (AvgIpc) is 2.87. The molecule has 0 saturated heterocycles. The second-order valence-corrected chi connectivity index (χ2v) is 18.3. The van der Waals surface area contributed by atoms with Gasteiger partial charge < -0.3 is 9.16 Å². The van der Waals surface area contributed by atoms with E-state index in [0.717, 1.165) is 24.0 Å². The second kappa shape index (κ2) is 12.7. The third kappa shape index (κ3) is 7.64. The van der Waals surface area contributed by atoms with Crippen LogP contribution < -0.4 is 9.46 Å². The number of ether oxygens (including phenoxy) is 1. The van der Waals surface area contributed by atoms with E-state index in [4.69, 9.17) is 20.8 Å². The van der Waals surface area contributed by atoms with Crippen molar-refractivity contribution >= 4 is 51.6 Å². The summed E-state index contributed by atoms with van der Waals surface area (Å²) in [6.45, 7) is 11.8. The predicted molar refractivity (Wildman–Crippen MR) is 165 cm³/mol. The number of alkyl halides is 1. The molecule has 3 aromatic rings. The van der Waals surface area contributed by atoms with E-state index in [2.05, 4.69) is 54.5 Å². The fourth-order valence-corrected chi connectivity index (χ4v) is 6.98. The number of sulfonamides is 1. The minimum Gasteiger partial charge on any atom is -0.494 e. The zero-order valence-electron chi connectivity index (χ0n) is 23.2. The molecule has 0 amide bonds. The maximum absolute atomic E-state index is 14.9. The first-order chi connectivity index (χ1) is 18.2. The van der Waals surface area contributed by atoms with Gasteiger partial charge in [-0.05, 0) is 77.5 Å². The molecule has 212 valence electrons. The molecule has 0 aliphatic heterocycles. The molecule has 0 unspecified atom stereocenters. The fraction of sp³-hybridized carbons (Fsp3) is 0.379. The van der Waals surface area contributed by atoms with Crippen molar-refractivity contribution in [3.63, 3.8) is 0 Å². The fourth-order valence-electron chi connectivity index (χ4n) is 3.89. The largest absolute Gasteiger partial charge is 0.494 e. The number of hydrogen-bond donors (Lipinski definition) is 1. The van der Waals surface area contributed by atoms with Crippen molar-refractivity contribution in [2.45, 2.75) is 62.0 Å². The first-order valence-corrected chi connectivity index (χ1v) is 18.6. The number of aryl methyl sites for hydroxylation is 1. The molecule has 0 atom stereocenters. The molecule has 1 N–H and O–H groups in total. The third-order valence-corrected chi connectivity index (χ3v) is 14.0. The Morgan fingerprint density at radius 3 is 2.41 bits per heavy atom. The van der Waals surface area contributed by atoms with Crippen molar-refractivity contribution in [2.24, 2.45) is 0 Å². The van der Waals surface area contributed by atoms with Crippen molar-refractivity contribution in [1.29, 1.82) is 0 Å². The molecule has 0 spiro atoms. The van der Waals surface area contributed by atoms with Crippen LogP contribution in [0.25, 0.3) is 11.1 Å². The minimum atomic E-state index is -4.22. The van der Waals surface area contributed by atoms with Gasteiger partial charge in [-0.3, -0.25) is 4.72 Å². The maximum atomic E-state index is 14.9. The Kier molecular flexibility index (Phi) is 10.3. The topological polar surface area (TPSA) is 64.6 Å². The van der Waals surface area contributed by atoms with Crippen LogP contribution in [0.5, 0.6) is 5.75 Å². The Hall–Kier alpha value is -1.91. The van der Waals surface area contributed by atoms with E-state index in [1.54, 1.807) is 12.1 Å². The SMILES string of the molecule is COc1c(Cl)cc(CBr)cc1S(=O)(=O)Nc1cc(-c2ccccc2CCCO[Si](C)(C)C(C)(C)C)ccc1F. The van der Waals surface area contributed by atoms with Gasteiger partial charge in [0.15, 0.2) is 14.1 Å². The molecule has 39 heavy (non-hydrogen) atoms. The van der Waals surface area contributed by atoms with Gasteiger partial charge in [-0.15, -0.1) is 0 Å². The predicted octanol–water partition coefficient (Wildman–Crippen LogP) is 8.80. The van der Waals surface area contributed by atoms with E-state index in [9.17, 15) is 12.8 Å². The molecular weight excluding hydrogens is 621 g/mol. The zero-order valence-corrected chi connectivity index (χ0v) is 27.4. The zero-order chi connectivity index (χ0) is 29.0. The lowest BCUT2D eigenvalue weighted by Crippen LogP contribution is -2.41. The summed E-state index contributed by atoms with van der Waals surface area (Å²) < 4.78 is 55.6. The van der Waals surface area contributed by atoms with E-state index >= 15 is 0 Å². The number of benzene rings is 3. The van der Waals surface area contributed by atoms with Gasteiger partial charge in [-0.25, -0.2) is 12.8 Å². The number of anilines is 1. The quantitative estimate of drug-likeness (QED) is 0.127. The Balaban J connectivity index is 1.87. The summed E-state index contributed by atoms with van der Waals surface area (Å²) in [5.41, 5.74) is 3.17. The molecule has 0 radical (unpaired) electrons. The lowest BCUT2D eigenvalue weighted by Gasteiger charge is -2.36. The van der Waals surface area contributed by atoms with Crippen LogP contribution >= 0.6 is 27.5 Å². The lowest BCUT2D eigenvalue weighted by atomic mass is 9.96. The van der Waals surface area contributed by atoms with E-state index in [-0.39, 0.29) is 26.4 Å². The van der Waals surface area contributed by atoms with Gasteiger partial charge in [0, 0.05) is 11.9 Å². The first kappa shape index (κ1) is 31.6. The van der Waals surface area contributed by atoms with E-state index in [1.807, 2.05) is 24.3 Å². The summed E-state index contributed by atoms with van der Waals surface area (Å²) in [5, 5.41) is 0.685. The molecular formula is C29H36BrClFNO4SSi. The first-order valence-electron chi connectivity index (χ1n) is 12.7. The summed E-state index contributed by atoms with van der Waals surface area (Å²) in [6.07, 6.45) is 1.62. The van der Waals surface area contributed by atoms with Gasteiger partial charge in [-0.1, -0.05) is 78.6 Å². The van der Waals surface area contributed by atoms with Crippen LogP contribution in [-0.2, 0) is 26.2 Å². The molecule has 3 rings (SSSR count). The van der Waals surface area contributed by atoms with Gasteiger partial charge in [0.05, 0.1) is 17.8 Å². The van der Waals surface area contributed by atoms with Crippen molar-refractivity contribution < 1.29 is 22.0 Å². The van der Waals surface area contributed by atoms with Crippen LogP contribution in [0.2, 0.25) is 23.2 Å². The van der Waals surface area contributed by atoms with Gasteiger partial charge in [0.1, 0.15) is 10.7 Å². The Morgan fingerprint density at radius 2 is 1.77 bits per heavy atom. The standard InChI is InChI=1S/C29H36BrClFNO4SSi/c1-29(2,3)39(5,6)37-15-9-11-21-10-7-8-12-23(21)22-13-14-25(32)26(18-22)33-38(34,35)27-17-20(19-30)16-24(31)28(27)36-4/h7-8,10,12-14,16-18,33H,9,11,15,19H2,1-6H3. The minimum absolute atomic E-state index is 0.00399. The van der Waals surface area contributed by atoms with Crippen molar-refractivity contribution in [3.05, 3.63) is 76.6 Å². The van der Waals surface area contributed by atoms with Crippen molar-refractivity contribution in [2.75, 3.05) is 18.4 Å². The van der Waals surface area contributed by atoms with E-state index < -0.39 is 24.2 Å². The molecule has 0 saturated carbocycles. The van der Waals surface area contributed by atoms with Crippen LogP contribution in [0.1, 0.15) is 38.3 Å². The lowest BCUT2D eigenvalue weighted by molar-refractivity contribution is 0.282. The number of rotatable bonds is 11. The van der Waals surface area contributed by atoms with Crippen LogP contribution in [0, 0.1) is 5.82 Å². The Labute approximate surface area is 246 Å². The highest BCUT2D eigenvalue weighted by atomic mass is 79.9. The summed E-state index contributed by atoms with van der Waals surface area (Å²) in [7, 11) is -4.71. The molecule has 0 aliphatic carbocycles. The highest BCUT2D eigenvalue weighted by Gasteiger charge is 2.36. The van der Waals surface area contributed by atoms with Crippen molar-refractivity contribution in [1.82, 2.24) is 0 Å². The molecule has 0 bridgehead atoms. The van der Waals surface area contributed by atoms with Crippen molar-refractivity contribution in [3.8, 4) is 16.9 Å². The monoisotopic (exact) mass is 655 g/mol. The average molecular weight is 657 g/mol. The number of hydrogen-bond acceptors (Lipinski definition) is 4. The molecule has 0 aromatic heterocycles. The van der Waals surface area contributed by atoms with E-state index in [1.165, 1.54) is 25.3 Å². The van der Waals surface area contributed by atoms with Crippen LogP contribution in [0.4, 0.5) is 10.1 Å².